The molecule has 1 aliphatic heterocycles. The summed E-state index contributed by atoms with van der Waals surface area (Å²) in [6, 6.07) is 6.58. The summed E-state index contributed by atoms with van der Waals surface area (Å²) in [5, 5.41) is 10.9. The van der Waals surface area contributed by atoms with E-state index in [-0.39, 0.29) is 23.3 Å². The lowest BCUT2D eigenvalue weighted by Crippen LogP contribution is -2.17. The molecular weight excluding hydrogens is 410 g/mol. The van der Waals surface area contributed by atoms with Gasteiger partial charge in [0.15, 0.2) is 10.1 Å². The summed E-state index contributed by atoms with van der Waals surface area (Å²) >= 11 is 2.75. The first-order valence-corrected chi connectivity index (χ1v) is 11.2. The molecule has 7 nitrogen and oxygen atoms in total. The summed E-state index contributed by atoms with van der Waals surface area (Å²) in [6.07, 6.45) is 2.38. The molecule has 9 heteroatoms. The van der Waals surface area contributed by atoms with E-state index in [0.29, 0.717) is 5.52 Å². The fourth-order valence-electron chi connectivity index (χ4n) is 3.63. The van der Waals surface area contributed by atoms with Crippen LogP contribution in [-0.4, -0.2) is 38.7 Å². The number of carbonyl (C=O) groups is 1. The van der Waals surface area contributed by atoms with Crippen LogP contribution in [0.5, 0.6) is 0 Å². The number of carbonyl (C=O) groups excluding carboxylic acids is 1. The van der Waals surface area contributed by atoms with Gasteiger partial charge in [-0.1, -0.05) is 11.8 Å². The third-order valence-electron chi connectivity index (χ3n) is 5.17. The van der Waals surface area contributed by atoms with Crippen LogP contribution < -0.4 is 0 Å². The Labute approximate surface area is 176 Å². The van der Waals surface area contributed by atoms with E-state index >= 15 is 0 Å². The molecule has 0 spiro atoms. The van der Waals surface area contributed by atoms with Gasteiger partial charge in [0.25, 0.3) is 5.69 Å². The third kappa shape index (κ3) is 4.22. The second-order valence-corrected chi connectivity index (χ2v) is 9.38. The first kappa shape index (κ1) is 20.1. The highest BCUT2D eigenvalue weighted by molar-refractivity contribution is 8.01. The molecular formula is C20H21N3O4S2. The number of thioether (sulfide) groups is 1. The molecule has 0 bridgehead atoms. The Hall–Kier alpha value is -2.23. The van der Waals surface area contributed by atoms with Gasteiger partial charge >= 0.3 is 0 Å². The van der Waals surface area contributed by atoms with Crippen molar-refractivity contribution < 1.29 is 14.5 Å². The van der Waals surface area contributed by atoms with Crippen molar-refractivity contribution in [3.05, 3.63) is 51.3 Å². The number of rotatable bonds is 7. The summed E-state index contributed by atoms with van der Waals surface area (Å²) in [6.45, 7) is 5.61. The minimum Gasteiger partial charge on any atom is -0.376 e. The molecule has 29 heavy (non-hydrogen) atoms. The van der Waals surface area contributed by atoms with Crippen LogP contribution in [0.3, 0.4) is 0 Å². The van der Waals surface area contributed by atoms with Gasteiger partial charge in [-0.25, -0.2) is 4.98 Å². The highest BCUT2D eigenvalue weighted by atomic mass is 32.2. The van der Waals surface area contributed by atoms with Crippen LogP contribution in [0.25, 0.3) is 10.2 Å². The molecule has 1 saturated heterocycles. The number of fused-ring (bicyclic) bond motifs is 1. The number of hydrogen-bond acceptors (Lipinski definition) is 7. The van der Waals surface area contributed by atoms with Crippen LogP contribution in [0.4, 0.5) is 5.69 Å². The molecule has 0 amide bonds. The number of aryl methyl sites for hydroxylation is 1. The first-order chi connectivity index (χ1) is 13.9. The Kier molecular flexibility index (Phi) is 5.71. The summed E-state index contributed by atoms with van der Waals surface area (Å²) < 4.78 is 9.40. The standard InChI is InChI=1S/C20H21N3O4S2/c1-12-8-16(13(2)22(12)10-15-4-3-7-27-15)18(24)11-28-20-21-17-6-5-14(23(25)26)9-19(17)29-20/h5-6,8-9,15H,3-4,7,10-11H2,1-2H3. The highest BCUT2D eigenvalue weighted by Gasteiger charge is 2.21. The van der Waals surface area contributed by atoms with E-state index < -0.39 is 4.92 Å². The lowest BCUT2D eigenvalue weighted by Gasteiger charge is -2.14. The fourth-order valence-corrected chi connectivity index (χ4v) is 5.61. The molecule has 1 aliphatic rings. The van der Waals surface area contributed by atoms with Crippen LogP contribution in [0.15, 0.2) is 28.6 Å². The SMILES string of the molecule is Cc1cc(C(=O)CSc2nc3ccc([N+](=O)[O-])cc3s2)c(C)n1CC1CCCO1. The van der Waals surface area contributed by atoms with E-state index in [4.69, 9.17) is 4.74 Å². The molecule has 4 rings (SSSR count). The number of thiazole rings is 1. The molecule has 0 N–H and O–H groups in total. The second kappa shape index (κ2) is 8.25. The predicted molar refractivity (Wildman–Crippen MR) is 114 cm³/mol. The smallest absolute Gasteiger partial charge is 0.270 e. The van der Waals surface area contributed by atoms with Gasteiger partial charge in [0, 0.05) is 42.2 Å². The van der Waals surface area contributed by atoms with Gasteiger partial charge in [0.2, 0.25) is 0 Å². The number of nitrogens with zero attached hydrogens (tertiary/aromatic N) is 3. The lowest BCUT2D eigenvalue weighted by molar-refractivity contribution is -0.384. The largest absolute Gasteiger partial charge is 0.376 e. The van der Waals surface area contributed by atoms with Crippen molar-refractivity contribution in [3.8, 4) is 0 Å². The summed E-state index contributed by atoms with van der Waals surface area (Å²) in [4.78, 5) is 27.8. The first-order valence-electron chi connectivity index (χ1n) is 9.41. The van der Waals surface area contributed by atoms with Crippen molar-refractivity contribution in [1.29, 1.82) is 0 Å². The third-order valence-corrected chi connectivity index (χ3v) is 7.34. The molecule has 3 heterocycles. The van der Waals surface area contributed by atoms with Crippen molar-refractivity contribution in [3.63, 3.8) is 0 Å². The van der Waals surface area contributed by atoms with Gasteiger partial charge in [0.1, 0.15) is 0 Å². The number of nitro groups is 1. The van der Waals surface area contributed by atoms with Crippen LogP contribution in [0, 0.1) is 24.0 Å². The number of aromatic nitrogens is 2. The van der Waals surface area contributed by atoms with E-state index in [2.05, 4.69) is 9.55 Å². The van der Waals surface area contributed by atoms with Gasteiger partial charge in [-0.3, -0.25) is 14.9 Å². The predicted octanol–water partition coefficient (Wildman–Crippen LogP) is 4.78. The minimum absolute atomic E-state index is 0.0486. The van der Waals surface area contributed by atoms with E-state index in [1.54, 1.807) is 6.07 Å². The molecule has 1 atom stereocenters. The van der Waals surface area contributed by atoms with Gasteiger partial charge < -0.3 is 9.30 Å². The molecule has 2 aromatic heterocycles. The van der Waals surface area contributed by atoms with Crippen molar-refractivity contribution in [1.82, 2.24) is 9.55 Å². The van der Waals surface area contributed by atoms with E-state index in [0.717, 1.165) is 52.0 Å². The molecule has 3 aromatic rings. The van der Waals surface area contributed by atoms with Gasteiger partial charge in [0.05, 0.1) is 27.0 Å². The summed E-state index contributed by atoms with van der Waals surface area (Å²) in [5.74, 6) is 0.346. The maximum atomic E-state index is 12.8. The Bertz CT molecular complexity index is 1080. The van der Waals surface area contributed by atoms with Crippen LogP contribution in [-0.2, 0) is 11.3 Å². The Morgan fingerprint density at radius 3 is 2.97 bits per heavy atom. The molecule has 1 aromatic carbocycles. The van der Waals surface area contributed by atoms with Crippen molar-refractivity contribution in [2.75, 3.05) is 12.4 Å². The number of ketones is 1. The number of Topliss-reactive ketones (excluding diaryl/α,β-unsaturated/α-hetero) is 1. The van der Waals surface area contributed by atoms with Crippen molar-refractivity contribution >= 4 is 44.8 Å². The van der Waals surface area contributed by atoms with Gasteiger partial charge in [-0.15, -0.1) is 11.3 Å². The van der Waals surface area contributed by atoms with Crippen LogP contribution >= 0.6 is 23.1 Å². The highest BCUT2D eigenvalue weighted by Crippen LogP contribution is 2.32. The van der Waals surface area contributed by atoms with Crippen LogP contribution in [0.1, 0.15) is 34.6 Å². The number of hydrogen-bond donors (Lipinski definition) is 0. The molecule has 1 unspecified atom stereocenters. The molecule has 0 saturated carbocycles. The molecule has 0 aliphatic carbocycles. The molecule has 152 valence electrons. The van der Waals surface area contributed by atoms with Crippen molar-refractivity contribution in [2.45, 2.75) is 43.7 Å². The maximum absolute atomic E-state index is 12.8. The molecule has 0 radical (unpaired) electrons. The average Bonchev–Trinajstić information content (AvgIpc) is 3.41. The van der Waals surface area contributed by atoms with E-state index in [1.165, 1.54) is 35.2 Å². The zero-order chi connectivity index (χ0) is 20.5. The lowest BCUT2D eigenvalue weighted by atomic mass is 10.2. The number of nitro benzene ring substituents is 1. The van der Waals surface area contributed by atoms with E-state index in [9.17, 15) is 14.9 Å². The van der Waals surface area contributed by atoms with Gasteiger partial charge in [-0.2, -0.15) is 0 Å². The van der Waals surface area contributed by atoms with Crippen molar-refractivity contribution in [2.24, 2.45) is 0 Å². The number of non-ortho nitro benzene ring substituents is 1. The average molecular weight is 432 g/mol. The second-order valence-electron chi connectivity index (χ2n) is 7.13. The van der Waals surface area contributed by atoms with Gasteiger partial charge in [-0.05, 0) is 38.8 Å². The Balaban J connectivity index is 1.45. The number of benzene rings is 1. The normalized spacial score (nSPS) is 16.6. The topological polar surface area (TPSA) is 87.3 Å². The zero-order valence-corrected chi connectivity index (χ0v) is 17.8. The zero-order valence-electron chi connectivity index (χ0n) is 16.2. The quantitative estimate of drug-likeness (QED) is 0.232. The summed E-state index contributed by atoms with van der Waals surface area (Å²) in [7, 11) is 0. The van der Waals surface area contributed by atoms with Crippen LogP contribution in [0.2, 0.25) is 0 Å². The number of ether oxygens (including phenoxy) is 1. The van der Waals surface area contributed by atoms with E-state index in [1.807, 2.05) is 19.9 Å². The summed E-state index contributed by atoms with van der Waals surface area (Å²) in [5.41, 5.74) is 3.55. The molecule has 1 fully saturated rings. The minimum atomic E-state index is -0.415. The fraction of sp³-hybridized carbons (Fsp3) is 0.400. The maximum Gasteiger partial charge on any atom is 0.270 e. The monoisotopic (exact) mass is 431 g/mol. The Morgan fingerprint density at radius 2 is 2.24 bits per heavy atom. The Morgan fingerprint density at radius 1 is 1.41 bits per heavy atom.